The summed E-state index contributed by atoms with van der Waals surface area (Å²) >= 11 is 0. The number of sulfone groups is 1. The Balaban J connectivity index is 2.12. The summed E-state index contributed by atoms with van der Waals surface area (Å²) in [6.07, 6.45) is 3.22. The van der Waals surface area contributed by atoms with Crippen molar-refractivity contribution in [3.63, 3.8) is 0 Å². The van der Waals surface area contributed by atoms with Crippen molar-refractivity contribution in [3.05, 3.63) is 0 Å². The Morgan fingerprint density at radius 1 is 1.46 bits per heavy atom. The molecule has 0 aromatic rings. The molecule has 78 valence electrons. The molecule has 0 aliphatic heterocycles. The maximum absolute atomic E-state index is 11.1. The van der Waals surface area contributed by atoms with Gasteiger partial charge in [0.25, 0.3) is 0 Å². The molecule has 0 aromatic heterocycles. The molecule has 1 rings (SSSR count). The Hall–Kier alpha value is -0.0900. The van der Waals surface area contributed by atoms with Gasteiger partial charge in [0.2, 0.25) is 0 Å². The van der Waals surface area contributed by atoms with E-state index in [4.69, 9.17) is 0 Å². The third-order valence-corrected chi connectivity index (χ3v) is 4.35. The Labute approximate surface area is 80.1 Å². The molecule has 0 radical (unpaired) electrons. The van der Waals surface area contributed by atoms with Gasteiger partial charge >= 0.3 is 0 Å². The van der Waals surface area contributed by atoms with Crippen LogP contribution in [-0.2, 0) is 9.84 Å². The zero-order valence-corrected chi connectivity index (χ0v) is 8.89. The zero-order valence-electron chi connectivity index (χ0n) is 8.07. The van der Waals surface area contributed by atoms with Gasteiger partial charge in [0.05, 0.1) is 11.9 Å². The van der Waals surface area contributed by atoms with Crippen molar-refractivity contribution >= 4 is 9.84 Å². The topological polar surface area (TPSA) is 54.4 Å². The van der Waals surface area contributed by atoms with E-state index >= 15 is 0 Å². The molecule has 0 bridgehead atoms. The SMILES string of the molecule is CCS(=O)(=O)CCCC(O)C1CC1. The van der Waals surface area contributed by atoms with E-state index in [0.29, 0.717) is 18.8 Å². The predicted octanol–water partition coefficient (Wildman–Crippen LogP) is 0.972. The Morgan fingerprint density at radius 2 is 2.08 bits per heavy atom. The highest BCUT2D eigenvalue weighted by Crippen LogP contribution is 2.34. The maximum Gasteiger partial charge on any atom is 0.150 e. The largest absolute Gasteiger partial charge is 0.393 e. The van der Waals surface area contributed by atoms with Crippen molar-refractivity contribution in [3.8, 4) is 0 Å². The van der Waals surface area contributed by atoms with Crippen LogP contribution < -0.4 is 0 Å². The molecule has 1 atom stereocenters. The third kappa shape index (κ3) is 4.09. The van der Waals surface area contributed by atoms with Crippen LogP contribution >= 0.6 is 0 Å². The lowest BCUT2D eigenvalue weighted by atomic mass is 10.1. The van der Waals surface area contributed by atoms with E-state index < -0.39 is 9.84 Å². The number of aliphatic hydroxyl groups is 1. The monoisotopic (exact) mass is 206 g/mol. The van der Waals surface area contributed by atoms with Gasteiger partial charge in [-0.2, -0.15) is 0 Å². The van der Waals surface area contributed by atoms with E-state index in [1.807, 2.05) is 0 Å². The van der Waals surface area contributed by atoms with Crippen molar-refractivity contribution in [1.29, 1.82) is 0 Å². The molecule has 0 saturated heterocycles. The second-order valence-electron chi connectivity index (χ2n) is 3.78. The second kappa shape index (κ2) is 4.42. The minimum atomic E-state index is -2.83. The molecule has 13 heavy (non-hydrogen) atoms. The molecule has 3 nitrogen and oxygen atoms in total. The lowest BCUT2D eigenvalue weighted by molar-refractivity contribution is 0.141. The first-order valence-corrected chi connectivity index (χ1v) is 6.76. The average Bonchev–Trinajstić information content (AvgIpc) is 2.86. The number of aliphatic hydroxyl groups excluding tert-OH is 1. The van der Waals surface area contributed by atoms with Crippen LogP contribution in [0.3, 0.4) is 0 Å². The third-order valence-electron chi connectivity index (χ3n) is 2.56. The van der Waals surface area contributed by atoms with Crippen LogP contribution in [0, 0.1) is 5.92 Å². The van der Waals surface area contributed by atoms with Crippen LogP contribution in [0.4, 0.5) is 0 Å². The molecule has 1 aliphatic rings. The van der Waals surface area contributed by atoms with E-state index in [1.165, 1.54) is 0 Å². The molecule has 1 fully saturated rings. The van der Waals surface area contributed by atoms with Crippen molar-refractivity contribution in [2.45, 2.75) is 38.7 Å². The van der Waals surface area contributed by atoms with Crippen LogP contribution in [0.1, 0.15) is 32.6 Å². The molecule has 1 N–H and O–H groups in total. The van der Waals surface area contributed by atoms with Gasteiger partial charge in [0.1, 0.15) is 9.84 Å². The molecular formula is C9H18O3S. The molecule has 0 amide bonds. The standard InChI is InChI=1S/C9H18O3S/c1-2-13(11,12)7-3-4-9(10)8-5-6-8/h8-10H,2-7H2,1H3. The zero-order chi connectivity index (χ0) is 9.90. The van der Waals surface area contributed by atoms with Crippen LogP contribution in [0.15, 0.2) is 0 Å². The van der Waals surface area contributed by atoms with Gasteiger partial charge in [-0.25, -0.2) is 8.42 Å². The van der Waals surface area contributed by atoms with Gasteiger partial charge in [-0.3, -0.25) is 0 Å². The fourth-order valence-corrected chi connectivity index (χ4v) is 2.27. The smallest absolute Gasteiger partial charge is 0.150 e. The summed E-state index contributed by atoms with van der Waals surface area (Å²) in [5.74, 6) is 0.907. The second-order valence-corrected chi connectivity index (χ2v) is 6.26. The van der Waals surface area contributed by atoms with Gasteiger partial charge in [0.15, 0.2) is 0 Å². The highest BCUT2D eigenvalue weighted by Gasteiger charge is 2.29. The maximum atomic E-state index is 11.1. The summed E-state index contributed by atoms with van der Waals surface area (Å²) in [6.45, 7) is 1.66. The van der Waals surface area contributed by atoms with Gasteiger partial charge < -0.3 is 5.11 Å². The van der Waals surface area contributed by atoms with Crippen molar-refractivity contribution in [2.75, 3.05) is 11.5 Å². The first-order valence-electron chi connectivity index (χ1n) is 4.93. The van der Waals surface area contributed by atoms with Crippen LogP contribution in [0.5, 0.6) is 0 Å². The van der Waals surface area contributed by atoms with E-state index in [1.54, 1.807) is 6.92 Å². The number of hydrogen-bond donors (Lipinski definition) is 1. The van der Waals surface area contributed by atoms with E-state index in [-0.39, 0.29) is 17.6 Å². The van der Waals surface area contributed by atoms with Crippen molar-refractivity contribution in [2.24, 2.45) is 5.92 Å². The van der Waals surface area contributed by atoms with E-state index in [9.17, 15) is 13.5 Å². The van der Waals surface area contributed by atoms with Gasteiger partial charge in [-0.05, 0) is 31.6 Å². The van der Waals surface area contributed by atoms with Gasteiger partial charge in [-0.15, -0.1) is 0 Å². The Bertz CT molecular complexity index is 242. The summed E-state index contributed by atoms with van der Waals surface area (Å²) < 4.78 is 22.2. The Morgan fingerprint density at radius 3 is 2.54 bits per heavy atom. The predicted molar refractivity (Wildman–Crippen MR) is 52.3 cm³/mol. The number of hydrogen-bond acceptors (Lipinski definition) is 3. The highest BCUT2D eigenvalue weighted by atomic mass is 32.2. The fraction of sp³-hybridized carbons (Fsp3) is 1.00. The average molecular weight is 206 g/mol. The first kappa shape index (κ1) is 11.0. The summed E-state index contributed by atoms with van der Waals surface area (Å²) in [4.78, 5) is 0. The summed E-state index contributed by atoms with van der Waals surface area (Å²) in [6, 6.07) is 0. The van der Waals surface area contributed by atoms with Gasteiger partial charge in [-0.1, -0.05) is 6.92 Å². The molecule has 1 saturated carbocycles. The normalized spacial score (nSPS) is 20.2. The van der Waals surface area contributed by atoms with Gasteiger partial charge in [0, 0.05) is 5.75 Å². The first-order chi connectivity index (χ1) is 6.05. The minimum Gasteiger partial charge on any atom is -0.393 e. The highest BCUT2D eigenvalue weighted by molar-refractivity contribution is 7.91. The van der Waals surface area contributed by atoms with Crippen molar-refractivity contribution < 1.29 is 13.5 Å². The Kier molecular flexibility index (Phi) is 3.74. The molecular weight excluding hydrogens is 188 g/mol. The molecule has 0 aromatic carbocycles. The summed E-state index contributed by atoms with van der Waals surface area (Å²) in [5.41, 5.74) is 0. The molecule has 1 aliphatic carbocycles. The summed E-state index contributed by atoms with van der Waals surface area (Å²) in [7, 11) is -2.83. The lowest BCUT2D eigenvalue weighted by Gasteiger charge is -2.07. The lowest BCUT2D eigenvalue weighted by Crippen LogP contribution is -2.14. The number of rotatable bonds is 6. The van der Waals surface area contributed by atoms with Crippen molar-refractivity contribution in [1.82, 2.24) is 0 Å². The van der Waals surface area contributed by atoms with Crippen LogP contribution in [0.2, 0.25) is 0 Å². The molecule has 4 heteroatoms. The van der Waals surface area contributed by atoms with E-state index in [0.717, 1.165) is 12.8 Å². The summed E-state index contributed by atoms with van der Waals surface area (Å²) in [5, 5.41) is 9.46. The molecule has 1 unspecified atom stereocenters. The fourth-order valence-electron chi connectivity index (χ4n) is 1.37. The molecule has 0 spiro atoms. The quantitative estimate of drug-likeness (QED) is 0.704. The molecule has 0 heterocycles. The minimum absolute atomic E-state index is 0.215. The van der Waals surface area contributed by atoms with Crippen LogP contribution in [-0.4, -0.2) is 31.1 Å². The van der Waals surface area contributed by atoms with Crippen LogP contribution in [0.25, 0.3) is 0 Å². The van der Waals surface area contributed by atoms with E-state index in [2.05, 4.69) is 0 Å².